The molecule has 2 N–H and O–H groups in total. The first-order valence-corrected chi connectivity index (χ1v) is 6.51. The third-order valence-electron chi connectivity index (χ3n) is 4.49. The third kappa shape index (κ3) is 1.89. The van der Waals surface area contributed by atoms with E-state index in [0.29, 0.717) is 5.41 Å². The van der Waals surface area contributed by atoms with E-state index in [1.165, 1.54) is 43.2 Å². The van der Waals surface area contributed by atoms with Gasteiger partial charge in [-0.05, 0) is 42.7 Å². The van der Waals surface area contributed by atoms with Crippen molar-refractivity contribution in [2.45, 2.75) is 52.0 Å². The largest absolute Gasteiger partial charge is 0.323 e. The Balaban J connectivity index is 2.30. The van der Waals surface area contributed by atoms with Gasteiger partial charge in [0.05, 0.1) is 0 Å². The van der Waals surface area contributed by atoms with E-state index in [1.807, 2.05) is 0 Å². The number of nitrogens with two attached hydrogens (primary N) is 1. The third-order valence-corrected chi connectivity index (χ3v) is 4.49. The van der Waals surface area contributed by atoms with E-state index in [1.54, 1.807) is 0 Å². The molecule has 0 saturated heterocycles. The Kier molecular flexibility index (Phi) is 3.34. The van der Waals surface area contributed by atoms with E-state index < -0.39 is 0 Å². The zero-order valence-corrected chi connectivity index (χ0v) is 10.5. The minimum atomic E-state index is 0.223. The maximum atomic E-state index is 6.55. The van der Waals surface area contributed by atoms with Gasteiger partial charge in [0.2, 0.25) is 0 Å². The topological polar surface area (TPSA) is 26.0 Å². The zero-order valence-electron chi connectivity index (χ0n) is 10.5. The Hall–Kier alpha value is -0.820. The predicted octanol–water partition coefficient (Wildman–Crippen LogP) is 3.97. The lowest BCUT2D eigenvalue weighted by molar-refractivity contribution is 0.221. The number of benzene rings is 1. The van der Waals surface area contributed by atoms with Crippen molar-refractivity contribution in [3.05, 3.63) is 35.4 Å². The fourth-order valence-electron chi connectivity index (χ4n) is 3.23. The van der Waals surface area contributed by atoms with Gasteiger partial charge >= 0.3 is 0 Å². The highest BCUT2D eigenvalue weighted by Gasteiger charge is 2.38. The van der Waals surface area contributed by atoms with Crippen LogP contribution in [0.15, 0.2) is 24.3 Å². The van der Waals surface area contributed by atoms with Crippen molar-refractivity contribution in [2.24, 2.45) is 11.1 Å². The Morgan fingerprint density at radius 1 is 1.25 bits per heavy atom. The average molecular weight is 217 g/mol. The van der Waals surface area contributed by atoms with Gasteiger partial charge in [-0.15, -0.1) is 0 Å². The second-order valence-corrected chi connectivity index (χ2v) is 5.26. The fraction of sp³-hybridized carbons (Fsp3) is 0.600. The van der Waals surface area contributed by atoms with E-state index in [-0.39, 0.29) is 6.04 Å². The molecule has 0 amide bonds. The molecule has 2 rings (SSSR count). The van der Waals surface area contributed by atoms with Gasteiger partial charge in [0, 0.05) is 6.04 Å². The van der Waals surface area contributed by atoms with Crippen molar-refractivity contribution >= 4 is 0 Å². The summed E-state index contributed by atoms with van der Waals surface area (Å²) < 4.78 is 0. The molecule has 1 aliphatic carbocycles. The number of hydrogen-bond donors (Lipinski definition) is 1. The molecule has 1 nitrogen and oxygen atoms in total. The van der Waals surface area contributed by atoms with Gasteiger partial charge in [0.25, 0.3) is 0 Å². The standard InChI is InChI=1S/C15H23N/c1-3-15(10-6-7-11-15)14(16)13-9-5-4-8-12(13)2/h4-5,8-9,14H,3,6-7,10-11,16H2,1-2H3. The van der Waals surface area contributed by atoms with E-state index in [9.17, 15) is 0 Å². The Bertz CT molecular complexity index is 350. The van der Waals surface area contributed by atoms with Gasteiger partial charge in [-0.3, -0.25) is 0 Å². The van der Waals surface area contributed by atoms with Gasteiger partial charge in [-0.2, -0.15) is 0 Å². The highest BCUT2D eigenvalue weighted by Crippen LogP contribution is 2.49. The summed E-state index contributed by atoms with van der Waals surface area (Å²) in [7, 11) is 0. The first kappa shape index (κ1) is 11.7. The van der Waals surface area contributed by atoms with Crippen molar-refractivity contribution in [3.8, 4) is 0 Å². The minimum absolute atomic E-state index is 0.223. The number of hydrogen-bond acceptors (Lipinski definition) is 1. The van der Waals surface area contributed by atoms with Crippen LogP contribution in [0.5, 0.6) is 0 Å². The van der Waals surface area contributed by atoms with Crippen LogP contribution in [0.2, 0.25) is 0 Å². The number of rotatable bonds is 3. The molecule has 1 heteroatoms. The van der Waals surface area contributed by atoms with E-state index in [4.69, 9.17) is 5.73 Å². The Morgan fingerprint density at radius 3 is 2.44 bits per heavy atom. The summed E-state index contributed by atoms with van der Waals surface area (Å²) in [6.07, 6.45) is 6.53. The minimum Gasteiger partial charge on any atom is -0.323 e. The van der Waals surface area contributed by atoms with Gasteiger partial charge < -0.3 is 5.73 Å². The molecular formula is C15H23N. The molecule has 0 heterocycles. The van der Waals surface area contributed by atoms with Crippen LogP contribution in [0.25, 0.3) is 0 Å². The van der Waals surface area contributed by atoms with Crippen LogP contribution in [-0.4, -0.2) is 0 Å². The summed E-state index contributed by atoms with van der Waals surface area (Å²) >= 11 is 0. The summed E-state index contributed by atoms with van der Waals surface area (Å²) in [6.45, 7) is 4.47. The molecule has 1 fully saturated rings. The van der Waals surface area contributed by atoms with Crippen molar-refractivity contribution in [1.82, 2.24) is 0 Å². The molecule has 1 atom stereocenters. The second kappa shape index (κ2) is 4.58. The van der Waals surface area contributed by atoms with Crippen LogP contribution in [0.1, 0.15) is 56.2 Å². The summed E-state index contributed by atoms with van der Waals surface area (Å²) in [5.41, 5.74) is 9.61. The summed E-state index contributed by atoms with van der Waals surface area (Å²) in [4.78, 5) is 0. The summed E-state index contributed by atoms with van der Waals surface area (Å²) in [5.74, 6) is 0. The zero-order chi connectivity index (χ0) is 11.6. The molecule has 0 spiro atoms. The lowest BCUT2D eigenvalue weighted by atomic mass is 9.73. The van der Waals surface area contributed by atoms with Crippen LogP contribution in [0.3, 0.4) is 0 Å². The van der Waals surface area contributed by atoms with Gasteiger partial charge in [0.1, 0.15) is 0 Å². The monoisotopic (exact) mass is 217 g/mol. The molecule has 1 aliphatic rings. The highest BCUT2D eigenvalue weighted by atomic mass is 14.7. The summed E-state index contributed by atoms with van der Waals surface area (Å²) in [6, 6.07) is 8.81. The average Bonchev–Trinajstić information content (AvgIpc) is 2.78. The molecule has 88 valence electrons. The van der Waals surface area contributed by atoms with Crippen molar-refractivity contribution in [2.75, 3.05) is 0 Å². The van der Waals surface area contributed by atoms with Crippen LogP contribution in [-0.2, 0) is 0 Å². The molecule has 0 radical (unpaired) electrons. The van der Waals surface area contributed by atoms with Crippen LogP contribution < -0.4 is 5.73 Å². The molecular weight excluding hydrogens is 194 g/mol. The molecule has 1 aromatic rings. The molecule has 1 unspecified atom stereocenters. The fourth-order valence-corrected chi connectivity index (χ4v) is 3.23. The van der Waals surface area contributed by atoms with Gasteiger partial charge in [-0.25, -0.2) is 0 Å². The van der Waals surface area contributed by atoms with E-state index >= 15 is 0 Å². The van der Waals surface area contributed by atoms with Crippen LogP contribution in [0, 0.1) is 12.3 Å². The Labute approximate surface area is 99.0 Å². The van der Waals surface area contributed by atoms with Gasteiger partial charge in [0.15, 0.2) is 0 Å². The molecule has 0 bridgehead atoms. The second-order valence-electron chi connectivity index (χ2n) is 5.26. The highest BCUT2D eigenvalue weighted by molar-refractivity contribution is 5.30. The van der Waals surface area contributed by atoms with Gasteiger partial charge in [-0.1, -0.05) is 44.0 Å². The van der Waals surface area contributed by atoms with Crippen molar-refractivity contribution in [1.29, 1.82) is 0 Å². The molecule has 16 heavy (non-hydrogen) atoms. The van der Waals surface area contributed by atoms with Crippen LogP contribution >= 0.6 is 0 Å². The van der Waals surface area contributed by atoms with E-state index in [0.717, 1.165) is 0 Å². The van der Waals surface area contributed by atoms with Crippen LogP contribution in [0.4, 0.5) is 0 Å². The molecule has 1 aromatic carbocycles. The normalized spacial score (nSPS) is 20.9. The van der Waals surface area contributed by atoms with Crippen molar-refractivity contribution in [3.63, 3.8) is 0 Å². The first-order valence-electron chi connectivity index (χ1n) is 6.51. The maximum Gasteiger partial charge on any atom is 0.0354 e. The maximum absolute atomic E-state index is 6.55. The SMILES string of the molecule is CCC1(C(N)c2ccccc2C)CCCC1. The van der Waals surface area contributed by atoms with E-state index in [2.05, 4.69) is 38.1 Å². The predicted molar refractivity (Wildman–Crippen MR) is 69.3 cm³/mol. The molecule has 0 aliphatic heterocycles. The lowest BCUT2D eigenvalue weighted by Gasteiger charge is -2.35. The smallest absolute Gasteiger partial charge is 0.0354 e. The molecule has 0 aromatic heterocycles. The Morgan fingerprint density at radius 2 is 1.88 bits per heavy atom. The quantitative estimate of drug-likeness (QED) is 0.814. The number of aryl methyl sites for hydroxylation is 1. The molecule has 1 saturated carbocycles. The lowest BCUT2D eigenvalue weighted by Crippen LogP contribution is -2.32. The first-order chi connectivity index (χ1) is 7.69. The summed E-state index contributed by atoms with van der Waals surface area (Å²) in [5, 5.41) is 0. The van der Waals surface area contributed by atoms with Crippen molar-refractivity contribution < 1.29 is 0 Å².